The van der Waals surface area contributed by atoms with Crippen LogP contribution in [0.25, 0.3) is 21.7 Å². The highest BCUT2D eigenvalue weighted by molar-refractivity contribution is 9.10. The number of nitrogens with one attached hydrogen (secondary N) is 1. The van der Waals surface area contributed by atoms with E-state index in [1.165, 1.54) is 11.3 Å². The molecule has 1 amide bonds. The minimum absolute atomic E-state index is 0.176. The Hall–Kier alpha value is -2.51. The van der Waals surface area contributed by atoms with Gasteiger partial charge in [0.25, 0.3) is 5.91 Å². The molecule has 1 aromatic carbocycles. The van der Waals surface area contributed by atoms with Gasteiger partial charge in [-0.25, -0.2) is 9.97 Å². The van der Waals surface area contributed by atoms with Gasteiger partial charge in [-0.05, 0) is 52.3 Å². The van der Waals surface area contributed by atoms with Gasteiger partial charge in [0.1, 0.15) is 5.82 Å². The molecule has 25 heavy (non-hydrogen) atoms. The molecule has 3 aromatic heterocycles. The summed E-state index contributed by atoms with van der Waals surface area (Å²) in [7, 11) is 1.98. The molecule has 0 spiro atoms. The molecule has 7 heteroatoms. The van der Waals surface area contributed by atoms with E-state index in [1.54, 1.807) is 12.3 Å². The Balaban J connectivity index is 1.61. The van der Waals surface area contributed by atoms with Crippen molar-refractivity contribution >= 4 is 50.0 Å². The maximum atomic E-state index is 12.4. The maximum Gasteiger partial charge on any atom is 0.266 e. The second-order valence-corrected chi connectivity index (χ2v) is 7.46. The van der Waals surface area contributed by atoms with E-state index in [4.69, 9.17) is 0 Å². The highest BCUT2D eigenvalue weighted by atomic mass is 79.9. The summed E-state index contributed by atoms with van der Waals surface area (Å²) in [5.74, 6) is 1.20. The number of anilines is 1. The Kier molecular flexibility index (Phi) is 4.10. The van der Waals surface area contributed by atoms with Crippen LogP contribution in [-0.4, -0.2) is 20.4 Å². The monoisotopic (exact) mass is 412 g/mol. The molecule has 0 unspecified atom stereocenters. The number of nitrogens with zero attached hydrogens (tertiary/aromatic N) is 3. The summed E-state index contributed by atoms with van der Waals surface area (Å²) < 4.78 is 2.91. The van der Waals surface area contributed by atoms with Gasteiger partial charge in [-0.2, -0.15) is 0 Å². The molecule has 124 valence electrons. The highest BCUT2D eigenvalue weighted by Gasteiger charge is 2.15. The van der Waals surface area contributed by atoms with Crippen molar-refractivity contribution in [3.8, 4) is 10.7 Å². The molecule has 0 saturated heterocycles. The summed E-state index contributed by atoms with van der Waals surface area (Å²) >= 11 is 4.74. The number of fused-ring (bicyclic) bond motifs is 1. The molecule has 0 aliphatic carbocycles. The van der Waals surface area contributed by atoms with E-state index in [9.17, 15) is 4.79 Å². The number of halogens is 1. The Morgan fingerprint density at radius 1 is 1.16 bits per heavy atom. The van der Waals surface area contributed by atoms with Gasteiger partial charge in [-0.1, -0.05) is 12.1 Å². The summed E-state index contributed by atoms with van der Waals surface area (Å²) in [6, 6.07) is 15.3. The topological polar surface area (TPSA) is 59.8 Å². The Morgan fingerprint density at radius 2 is 2.00 bits per heavy atom. The molecule has 5 nitrogen and oxygen atoms in total. The van der Waals surface area contributed by atoms with E-state index in [0.29, 0.717) is 10.7 Å². The molecule has 0 bridgehead atoms. The van der Waals surface area contributed by atoms with E-state index in [1.807, 2.05) is 54.1 Å². The normalized spacial score (nSPS) is 11.0. The predicted molar refractivity (Wildman–Crippen MR) is 104 cm³/mol. The number of carbonyl (C=O) groups excluding carboxylic acids is 1. The third-order valence-corrected chi connectivity index (χ3v) is 5.36. The van der Waals surface area contributed by atoms with Crippen molar-refractivity contribution in [3.63, 3.8) is 0 Å². The van der Waals surface area contributed by atoms with E-state index >= 15 is 0 Å². The second-order valence-electron chi connectivity index (χ2n) is 5.46. The van der Waals surface area contributed by atoms with Crippen LogP contribution in [0.2, 0.25) is 0 Å². The van der Waals surface area contributed by atoms with E-state index in [2.05, 4.69) is 31.2 Å². The van der Waals surface area contributed by atoms with Gasteiger partial charge in [0, 0.05) is 17.7 Å². The summed E-state index contributed by atoms with van der Waals surface area (Å²) in [5, 5.41) is 2.80. The average molecular weight is 413 g/mol. The number of aromatic nitrogens is 3. The zero-order valence-electron chi connectivity index (χ0n) is 13.2. The molecule has 0 fully saturated rings. The molecular weight excluding hydrogens is 400 g/mol. The number of pyridine rings is 1. The minimum atomic E-state index is -0.176. The SMILES string of the molecule is Cn1c(-c2ccc(C(=O)Nc3ccc(Br)cn3)s2)nc2ccccc21. The number of para-hydroxylation sites is 2. The van der Waals surface area contributed by atoms with Gasteiger partial charge in [-0.3, -0.25) is 4.79 Å². The Bertz CT molecular complexity index is 1070. The number of amides is 1. The third-order valence-electron chi connectivity index (χ3n) is 3.81. The lowest BCUT2D eigenvalue weighted by atomic mass is 10.3. The number of hydrogen-bond donors (Lipinski definition) is 1. The van der Waals surface area contributed by atoms with E-state index < -0.39 is 0 Å². The minimum Gasteiger partial charge on any atom is -0.326 e. The quantitative estimate of drug-likeness (QED) is 0.529. The Morgan fingerprint density at radius 3 is 2.76 bits per heavy atom. The summed E-state index contributed by atoms with van der Waals surface area (Å²) in [6.07, 6.45) is 1.65. The van der Waals surface area contributed by atoms with Gasteiger partial charge in [-0.15, -0.1) is 11.3 Å². The van der Waals surface area contributed by atoms with E-state index in [0.717, 1.165) is 26.2 Å². The van der Waals surface area contributed by atoms with Gasteiger partial charge in [0.2, 0.25) is 0 Å². The van der Waals surface area contributed by atoms with Gasteiger partial charge < -0.3 is 9.88 Å². The van der Waals surface area contributed by atoms with Crippen LogP contribution in [0.3, 0.4) is 0 Å². The molecule has 0 atom stereocenters. The molecule has 0 aliphatic heterocycles. The van der Waals surface area contributed by atoms with Crippen molar-refractivity contribution in [2.24, 2.45) is 7.05 Å². The molecule has 0 radical (unpaired) electrons. The highest BCUT2D eigenvalue weighted by Crippen LogP contribution is 2.30. The zero-order valence-corrected chi connectivity index (χ0v) is 15.6. The first-order valence-electron chi connectivity index (χ1n) is 7.56. The maximum absolute atomic E-state index is 12.4. The number of rotatable bonds is 3. The largest absolute Gasteiger partial charge is 0.326 e. The van der Waals surface area contributed by atoms with Crippen molar-refractivity contribution in [3.05, 3.63) is 64.1 Å². The van der Waals surface area contributed by atoms with Crippen molar-refractivity contribution in [1.82, 2.24) is 14.5 Å². The number of benzene rings is 1. The lowest BCUT2D eigenvalue weighted by Crippen LogP contribution is -2.11. The fraction of sp³-hybridized carbons (Fsp3) is 0.0556. The van der Waals surface area contributed by atoms with Crippen molar-refractivity contribution < 1.29 is 4.79 Å². The van der Waals surface area contributed by atoms with Crippen LogP contribution in [0.15, 0.2) is 59.2 Å². The first kappa shape index (κ1) is 16.0. The Labute approximate surface area is 156 Å². The molecular formula is C18H13BrN4OS. The van der Waals surface area contributed by atoms with Crippen LogP contribution in [0.1, 0.15) is 9.67 Å². The number of carbonyl (C=O) groups is 1. The predicted octanol–water partition coefficient (Wildman–Crippen LogP) is 4.71. The van der Waals surface area contributed by atoms with Gasteiger partial charge >= 0.3 is 0 Å². The summed E-state index contributed by atoms with van der Waals surface area (Å²) in [4.78, 5) is 22.8. The first-order valence-corrected chi connectivity index (χ1v) is 9.17. The van der Waals surface area contributed by atoms with Gasteiger partial charge in [0.05, 0.1) is 20.8 Å². The molecule has 1 N–H and O–H groups in total. The van der Waals surface area contributed by atoms with Crippen LogP contribution in [0.5, 0.6) is 0 Å². The molecule has 4 rings (SSSR count). The van der Waals surface area contributed by atoms with Crippen LogP contribution in [0.4, 0.5) is 5.82 Å². The van der Waals surface area contributed by atoms with Crippen LogP contribution < -0.4 is 5.32 Å². The van der Waals surface area contributed by atoms with Crippen molar-refractivity contribution in [1.29, 1.82) is 0 Å². The molecule has 3 heterocycles. The fourth-order valence-corrected chi connectivity index (χ4v) is 3.73. The summed E-state index contributed by atoms with van der Waals surface area (Å²) in [6.45, 7) is 0. The number of hydrogen-bond acceptors (Lipinski definition) is 4. The molecule has 0 saturated carbocycles. The number of aryl methyl sites for hydroxylation is 1. The van der Waals surface area contributed by atoms with E-state index in [-0.39, 0.29) is 5.91 Å². The van der Waals surface area contributed by atoms with Crippen LogP contribution in [-0.2, 0) is 7.05 Å². The summed E-state index contributed by atoms with van der Waals surface area (Å²) in [5.41, 5.74) is 2.01. The van der Waals surface area contributed by atoms with Crippen molar-refractivity contribution in [2.75, 3.05) is 5.32 Å². The molecule has 4 aromatic rings. The zero-order chi connectivity index (χ0) is 17.4. The third kappa shape index (κ3) is 3.08. The number of imidazole rings is 1. The first-order chi connectivity index (χ1) is 12.1. The second kappa shape index (κ2) is 6.42. The van der Waals surface area contributed by atoms with Crippen LogP contribution >= 0.6 is 27.3 Å². The fourth-order valence-electron chi connectivity index (χ4n) is 2.57. The van der Waals surface area contributed by atoms with Gasteiger partial charge in [0.15, 0.2) is 5.82 Å². The lowest BCUT2D eigenvalue weighted by Gasteiger charge is -2.02. The smallest absolute Gasteiger partial charge is 0.266 e. The average Bonchev–Trinajstić information content (AvgIpc) is 3.22. The van der Waals surface area contributed by atoms with Crippen LogP contribution in [0, 0.1) is 0 Å². The molecule has 0 aliphatic rings. The van der Waals surface area contributed by atoms with Crippen molar-refractivity contribution in [2.45, 2.75) is 0 Å². The number of thiophene rings is 1. The standard InChI is InChI=1S/C18H13BrN4OS/c1-23-13-5-3-2-4-12(13)21-17(23)14-7-8-15(25-14)18(24)22-16-9-6-11(19)10-20-16/h2-10H,1H3,(H,20,22,24). The lowest BCUT2D eigenvalue weighted by molar-refractivity contribution is 0.103.